The Balaban J connectivity index is 2.82. The molecule has 0 aromatic heterocycles. The summed E-state index contributed by atoms with van der Waals surface area (Å²) in [7, 11) is 0. The molecule has 4 nitrogen and oxygen atoms in total. The van der Waals surface area contributed by atoms with Gasteiger partial charge in [0.1, 0.15) is 6.26 Å². The van der Waals surface area contributed by atoms with Gasteiger partial charge in [-0.25, -0.2) is 5.48 Å². The number of rotatable bonds is 5. The summed E-state index contributed by atoms with van der Waals surface area (Å²) >= 11 is 0. The van der Waals surface area contributed by atoms with Crippen molar-refractivity contribution in [3.05, 3.63) is 36.6 Å². The van der Waals surface area contributed by atoms with Crippen molar-refractivity contribution in [3.8, 4) is 0 Å². The molecular weight excluding hydrogens is 180 g/mol. The van der Waals surface area contributed by atoms with Crippen molar-refractivity contribution in [2.75, 3.05) is 10.8 Å². The monoisotopic (exact) mass is 192 g/mol. The van der Waals surface area contributed by atoms with E-state index in [1.165, 1.54) is 6.26 Å². The van der Waals surface area contributed by atoms with Crippen LogP contribution in [0.15, 0.2) is 31.0 Å². The van der Waals surface area contributed by atoms with E-state index in [1.807, 2.05) is 19.1 Å². The second-order valence-electron chi connectivity index (χ2n) is 2.68. The van der Waals surface area contributed by atoms with E-state index in [0.717, 1.165) is 16.9 Å². The highest BCUT2D eigenvalue weighted by atomic mass is 16.6. The van der Waals surface area contributed by atoms with Crippen molar-refractivity contribution in [2.24, 2.45) is 0 Å². The topological polar surface area (TPSA) is 50.4 Å². The first-order valence-electron chi connectivity index (χ1n) is 4.11. The molecule has 74 valence electrons. The van der Waals surface area contributed by atoms with Gasteiger partial charge in [-0.1, -0.05) is 12.6 Å². The van der Waals surface area contributed by atoms with Crippen LogP contribution in [0.1, 0.15) is 5.56 Å². The smallest absolute Gasteiger partial charge is 0.211 e. The third-order valence-electron chi connectivity index (χ3n) is 1.71. The molecule has 1 aromatic rings. The van der Waals surface area contributed by atoms with Gasteiger partial charge in [-0.15, -0.1) is 0 Å². The Labute approximate surface area is 82.5 Å². The molecule has 0 bridgehead atoms. The van der Waals surface area contributed by atoms with E-state index < -0.39 is 0 Å². The molecule has 0 spiro atoms. The molecule has 0 unspecified atom stereocenters. The van der Waals surface area contributed by atoms with E-state index in [0.29, 0.717) is 6.41 Å². The summed E-state index contributed by atoms with van der Waals surface area (Å²) in [6.45, 7) is 5.30. The van der Waals surface area contributed by atoms with E-state index in [9.17, 15) is 4.79 Å². The Morgan fingerprint density at radius 2 is 2.29 bits per heavy atom. The molecule has 0 atom stereocenters. The van der Waals surface area contributed by atoms with Crippen molar-refractivity contribution < 1.29 is 9.63 Å². The average molecular weight is 192 g/mol. The number of anilines is 2. The quantitative estimate of drug-likeness (QED) is 0.426. The fourth-order valence-corrected chi connectivity index (χ4v) is 1.01. The molecule has 0 radical (unpaired) electrons. The number of hydrogen-bond donors (Lipinski definition) is 2. The van der Waals surface area contributed by atoms with Crippen molar-refractivity contribution in [1.29, 1.82) is 0 Å². The van der Waals surface area contributed by atoms with Gasteiger partial charge in [0.05, 0.1) is 5.69 Å². The summed E-state index contributed by atoms with van der Waals surface area (Å²) in [5.74, 6) is 0. The number of amides is 1. The number of hydrogen-bond acceptors (Lipinski definition) is 3. The molecule has 14 heavy (non-hydrogen) atoms. The van der Waals surface area contributed by atoms with Crippen molar-refractivity contribution in [2.45, 2.75) is 6.92 Å². The second-order valence-corrected chi connectivity index (χ2v) is 2.68. The van der Waals surface area contributed by atoms with Gasteiger partial charge in [-0.3, -0.25) is 4.79 Å². The van der Waals surface area contributed by atoms with Crippen LogP contribution in [0, 0.1) is 6.92 Å². The zero-order valence-corrected chi connectivity index (χ0v) is 7.91. The van der Waals surface area contributed by atoms with E-state index in [-0.39, 0.29) is 0 Å². The maximum Gasteiger partial charge on any atom is 0.211 e. The molecule has 0 saturated carbocycles. The zero-order chi connectivity index (χ0) is 10.4. The van der Waals surface area contributed by atoms with Crippen LogP contribution in [0.2, 0.25) is 0 Å². The summed E-state index contributed by atoms with van der Waals surface area (Å²) in [6, 6.07) is 5.49. The van der Waals surface area contributed by atoms with Crippen LogP contribution in [-0.4, -0.2) is 6.41 Å². The number of benzene rings is 1. The van der Waals surface area contributed by atoms with Gasteiger partial charge >= 0.3 is 0 Å². The summed E-state index contributed by atoms with van der Waals surface area (Å²) < 4.78 is 0. The standard InChI is InChI=1S/C10H12N2O2/c1-3-14-12-9-5-4-8(2)10(6-9)11-7-13/h3-7,12H,1H2,2H3,(H,11,13). The number of nitrogens with one attached hydrogen (secondary N) is 2. The lowest BCUT2D eigenvalue weighted by Crippen LogP contribution is -1.99. The first kappa shape index (κ1) is 10.1. The lowest BCUT2D eigenvalue weighted by Gasteiger charge is -2.08. The van der Waals surface area contributed by atoms with Gasteiger partial charge in [0, 0.05) is 5.69 Å². The Morgan fingerprint density at radius 1 is 1.50 bits per heavy atom. The van der Waals surface area contributed by atoms with E-state index in [4.69, 9.17) is 4.84 Å². The maximum absolute atomic E-state index is 10.3. The highest BCUT2D eigenvalue weighted by Gasteiger charge is 1.98. The largest absolute Gasteiger partial charge is 0.391 e. The van der Waals surface area contributed by atoms with E-state index >= 15 is 0 Å². The molecule has 0 aliphatic heterocycles. The van der Waals surface area contributed by atoms with Crippen molar-refractivity contribution in [3.63, 3.8) is 0 Å². The van der Waals surface area contributed by atoms with Gasteiger partial charge in [-0.2, -0.15) is 0 Å². The molecule has 0 saturated heterocycles. The zero-order valence-electron chi connectivity index (χ0n) is 7.91. The van der Waals surface area contributed by atoms with Crippen LogP contribution < -0.4 is 10.8 Å². The maximum atomic E-state index is 10.3. The van der Waals surface area contributed by atoms with E-state index in [2.05, 4.69) is 17.4 Å². The first-order valence-corrected chi connectivity index (χ1v) is 4.11. The van der Waals surface area contributed by atoms with Gasteiger partial charge in [0.15, 0.2) is 0 Å². The van der Waals surface area contributed by atoms with Crippen LogP contribution in [0.5, 0.6) is 0 Å². The predicted molar refractivity (Wildman–Crippen MR) is 55.8 cm³/mol. The molecule has 0 aliphatic carbocycles. The molecule has 2 N–H and O–H groups in total. The highest BCUT2D eigenvalue weighted by molar-refractivity contribution is 5.75. The van der Waals surface area contributed by atoms with Crippen LogP contribution in [-0.2, 0) is 9.63 Å². The molecule has 0 heterocycles. The Bertz CT molecular complexity index is 337. The third-order valence-corrected chi connectivity index (χ3v) is 1.71. The van der Waals surface area contributed by atoms with E-state index in [1.54, 1.807) is 6.07 Å². The number of carbonyl (C=O) groups is 1. The Morgan fingerprint density at radius 3 is 2.93 bits per heavy atom. The fourth-order valence-electron chi connectivity index (χ4n) is 1.01. The first-order chi connectivity index (χ1) is 6.77. The predicted octanol–water partition coefficient (Wildman–Crippen LogP) is 2.05. The SMILES string of the molecule is C=CONc1ccc(C)c(NC=O)c1. The molecule has 1 aromatic carbocycles. The Hall–Kier alpha value is -1.97. The summed E-state index contributed by atoms with van der Waals surface area (Å²) in [4.78, 5) is 15.1. The lowest BCUT2D eigenvalue weighted by molar-refractivity contribution is -0.105. The molecule has 1 rings (SSSR count). The van der Waals surface area contributed by atoms with Crippen LogP contribution in [0.3, 0.4) is 0 Å². The lowest BCUT2D eigenvalue weighted by atomic mass is 10.2. The summed E-state index contributed by atoms with van der Waals surface area (Å²) in [6.07, 6.45) is 1.92. The second kappa shape index (κ2) is 4.91. The van der Waals surface area contributed by atoms with Gasteiger partial charge in [0.2, 0.25) is 6.41 Å². The molecule has 4 heteroatoms. The number of aryl methyl sites for hydroxylation is 1. The molecule has 0 fully saturated rings. The van der Waals surface area contributed by atoms with Crippen molar-refractivity contribution in [1.82, 2.24) is 0 Å². The molecular formula is C10H12N2O2. The van der Waals surface area contributed by atoms with Gasteiger partial charge in [-0.05, 0) is 24.6 Å². The minimum Gasteiger partial charge on any atom is -0.391 e. The Kier molecular flexibility index (Phi) is 3.55. The summed E-state index contributed by atoms with van der Waals surface area (Å²) in [5, 5.41) is 2.59. The number of carbonyl (C=O) groups excluding carboxylic acids is 1. The van der Waals surface area contributed by atoms with Crippen LogP contribution in [0.25, 0.3) is 0 Å². The van der Waals surface area contributed by atoms with Gasteiger partial charge in [0.25, 0.3) is 0 Å². The minimum atomic E-state index is 0.639. The highest BCUT2D eigenvalue weighted by Crippen LogP contribution is 2.19. The van der Waals surface area contributed by atoms with Crippen LogP contribution >= 0.6 is 0 Å². The van der Waals surface area contributed by atoms with Crippen molar-refractivity contribution >= 4 is 17.8 Å². The molecule has 0 aliphatic rings. The van der Waals surface area contributed by atoms with Crippen LogP contribution in [0.4, 0.5) is 11.4 Å². The average Bonchev–Trinajstić information content (AvgIpc) is 2.19. The minimum absolute atomic E-state index is 0.639. The third kappa shape index (κ3) is 2.52. The van der Waals surface area contributed by atoms with Gasteiger partial charge < -0.3 is 10.2 Å². The summed E-state index contributed by atoms with van der Waals surface area (Å²) in [5.41, 5.74) is 5.13. The normalized spacial score (nSPS) is 8.93. The molecule has 1 amide bonds. The fraction of sp³-hybridized carbons (Fsp3) is 0.100.